The third-order valence-corrected chi connectivity index (χ3v) is 9.65. The fourth-order valence-corrected chi connectivity index (χ4v) is 6.71. The topological polar surface area (TPSA) is 129 Å². The van der Waals surface area contributed by atoms with Crippen LogP contribution in [0.5, 0.6) is 0 Å². The highest BCUT2D eigenvalue weighted by Gasteiger charge is 2.29. The lowest BCUT2D eigenvalue weighted by Crippen LogP contribution is -2.38. The Morgan fingerprint density at radius 2 is 2.03 bits per heavy atom. The number of nitrogens with zero attached hydrogens (tertiary/aromatic N) is 1. The smallest absolute Gasteiger partial charge is 0.250 e. The fraction of sp³-hybridized carbons (Fsp3) is 0.480. The standard InChI is InChI=1S/C25H34N4O4S2/c1-3-35(32,33)29-6-4-17(5-7-29)23-13-28-24-21(23)9-18(10-22(24)25(26)31)19-8-20(34-15-19)12-27-11-16(2)14-30/h8-10,13,15-17,27-28,30H,3-7,11-12,14H2,1-2H3,(H2,26,31)/t16-/m0/s1. The van der Waals surface area contributed by atoms with Gasteiger partial charge in [0.25, 0.3) is 5.91 Å². The first-order valence-corrected chi connectivity index (χ1v) is 14.5. The molecule has 10 heteroatoms. The lowest BCUT2D eigenvalue weighted by Gasteiger charge is -2.31. The molecule has 1 atom stereocenters. The van der Waals surface area contributed by atoms with E-state index in [4.69, 9.17) is 5.73 Å². The third kappa shape index (κ3) is 5.62. The molecule has 1 amide bonds. The Hall–Kier alpha value is -2.24. The van der Waals surface area contributed by atoms with Crippen molar-refractivity contribution in [3.8, 4) is 11.1 Å². The summed E-state index contributed by atoms with van der Waals surface area (Å²) >= 11 is 1.65. The number of aromatic amines is 1. The van der Waals surface area contributed by atoms with E-state index in [1.807, 2.05) is 19.2 Å². The van der Waals surface area contributed by atoms with E-state index in [0.29, 0.717) is 25.2 Å². The second kappa shape index (κ2) is 10.8. The average molecular weight is 519 g/mol. The zero-order chi connectivity index (χ0) is 25.2. The number of H-pyrrole nitrogens is 1. The molecule has 35 heavy (non-hydrogen) atoms. The summed E-state index contributed by atoms with van der Waals surface area (Å²) in [5.41, 5.74) is 10.0. The maximum atomic E-state index is 12.3. The number of hydrogen-bond donors (Lipinski definition) is 4. The van der Waals surface area contributed by atoms with Crippen LogP contribution in [0.15, 0.2) is 29.8 Å². The molecule has 0 radical (unpaired) electrons. The van der Waals surface area contributed by atoms with Crippen LogP contribution in [-0.4, -0.2) is 60.7 Å². The molecule has 1 saturated heterocycles. The Bertz CT molecular complexity index is 1290. The molecule has 0 spiro atoms. The molecule has 1 aliphatic rings. The molecule has 0 aliphatic carbocycles. The maximum Gasteiger partial charge on any atom is 0.250 e. The van der Waals surface area contributed by atoms with Gasteiger partial charge in [0.15, 0.2) is 0 Å². The number of carbonyl (C=O) groups excluding carboxylic acids is 1. The van der Waals surface area contributed by atoms with Gasteiger partial charge in [-0.05, 0) is 71.9 Å². The van der Waals surface area contributed by atoms with E-state index in [1.165, 1.54) is 4.88 Å². The molecule has 190 valence electrons. The largest absolute Gasteiger partial charge is 0.396 e. The molecule has 1 aliphatic heterocycles. The van der Waals surface area contributed by atoms with Crippen LogP contribution in [0.3, 0.4) is 0 Å². The van der Waals surface area contributed by atoms with E-state index in [2.05, 4.69) is 27.8 Å². The van der Waals surface area contributed by atoms with E-state index < -0.39 is 15.9 Å². The number of hydrogen-bond acceptors (Lipinski definition) is 6. The number of piperidine rings is 1. The Morgan fingerprint density at radius 1 is 1.29 bits per heavy atom. The van der Waals surface area contributed by atoms with Gasteiger partial charge in [0, 0.05) is 49.2 Å². The van der Waals surface area contributed by atoms with E-state index in [9.17, 15) is 18.3 Å². The van der Waals surface area contributed by atoms with Gasteiger partial charge in [-0.2, -0.15) is 0 Å². The van der Waals surface area contributed by atoms with Crippen molar-refractivity contribution in [1.29, 1.82) is 0 Å². The van der Waals surface area contributed by atoms with Crippen molar-refractivity contribution in [3.63, 3.8) is 0 Å². The second-order valence-electron chi connectivity index (χ2n) is 9.35. The SMILES string of the molecule is CCS(=O)(=O)N1CCC(c2c[nH]c3c(C(N)=O)cc(-c4csc(CNC[C@H](C)CO)c4)cc23)CC1. The molecule has 1 aromatic carbocycles. The van der Waals surface area contributed by atoms with Crippen LogP contribution in [0.4, 0.5) is 0 Å². The lowest BCUT2D eigenvalue weighted by atomic mass is 9.88. The number of aromatic nitrogens is 1. The summed E-state index contributed by atoms with van der Waals surface area (Å²) in [6.45, 7) is 6.30. The van der Waals surface area contributed by atoms with Gasteiger partial charge in [0.05, 0.1) is 16.8 Å². The molecule has 3 aromatic rings. The molecular weight excluding hydrogens is 484 g/mol. The highest BCUT2D eigenvalue weighted by atomic mass is 32.2. The predicted octanol–water partition coefficient (Wildman–Crippen LogP) is 3.24. The van der Waals surface area contributed by atoms with Crippen LogP contribution in [0.2, 0.25) is 0 Å². The van der Waals surface area contributed by atoms with Crippen LogP contribution in [0, 0.1) is 5.92 Å². The normalized spacial score (nSPS) is 16.7. The molecule has 4 rings (SSSR count). The Balaban J connectivity index is 1.60. The van der Waals surface area contributed by atoms with Gasteiger partial charge in [-0.15, -0.1) is 11.3 Å². The van der Waals surface area contributed by atoms with Crippen molar-refractivity contribution in [2.45, 2.75) is 39.2 Å². The summed E-state index contributed by atoms with van der Waals surface area (Å²) in [6, 6.07) is 6.07. The van der Waals surface area contributed by atoms with Crippen molar-refractivity contribution in [2.24, 2.45) is 11.7 Å². The van der Waals surface area contributed by atoms with E-state index in [-0.39, 0.29) is 24.2 Å². The minimum Gasteiger partial charge on any atom is -0.396 e. The first-order valence-electron chi connectivity index (χ1n) is 12.1. The van der Waals surface area contributed by atoms with Crippen molar-refractivity contribution in [3.05, 3.63) is 45.8 Å². The summed E-state index contributed by atoms with van der Waals surface area (Å²) in [7, 11) is -3.18. The Morgan fingerprint density at radius 3 is 2.69 bits per heavy atom. The minimum absolute atomic E-state index is 0.120. The highest BCUT2D eigenvalue weighted by Crippen LogP contribution is 2.38. The zero-order valence-electron chi connectivity index (χ0n) is 20.2. The second-order valence-corrected chi connectivity index (χ2v) is 12.6. The van der Waals surface area contributed by atoms with Gasteiger partial charge in [-0.1, -0.05) is 6.92 Å². The highest BCUT2D eigenvalue weighted by molar-refractivity contribution is 7.89. The van der Waals surface area contributed by atoms with Gasteiger partial charge in [0.2, 0.25) is 10.0 Å². The number of nitrogens with one attached hydrogen (secondary N) is 2. The molecule has 2 aromatic heterocycles. The van der Waals surface area contributed by atoms with Crippen LogP contribution in [0.25, 0.3) is 22.0 Å². The number of benzene rings is 1. The molecule has 0 unspecified atom stereocenters. The predicted molar refractivity (Wildman–Crippen MR) is 141 cm³/mol. The van der Waals surface area contributed by atoms with Crippen molar-refractivity contribution < 1.29 is 18.3 Å². The summed E-state index contributed by atoms with van der Waals surface area (Å²) in [6.07, 6.45) is 3.42. The number of primary amides is 1. The molecule has 3 heterocycles. The maximum absolute atomic E-state index is 12.3. The van der Waals surface area contributed by atoms with Gasteiger partial charge in [0.1, 0.15) is 0 Å². The summed E-state index contributed by atoms with van der Waals surface area (Å²) in [4.78, 5) is 16.7. The number of amides is 1. The number of aliphatic hydroxyl groups excluding tert-OH is 1. The van der Waals surface area contributed by atoms with Crippen molar-refractivity contribution in [1.82, 2.24) is 14.6 Å². The van der Waals surface area contributed by atoms with Crippen LogP contribution in [0.1, 0.15) is 53.4 Å². The van der Waals surface area contributed by atoms with Crippen LogP contribution >= 0.6 is 11.3 Å². The quantitative estimate of drug-likeness (QED) is 0.328. The number of carbonyl (C=O) groups is 1. The lowest BCUT2D eigenvalue weighted by molar-refractivity contribution is 0.100. The molecule has 0 saturated carbocycles. The number of fused-ring (bicyclic) bond motifs is 1. The number of thiophene rings is 1. The third-order valence-electron chi connectivity index (χ3n) is 6.83. The number of sulfonamides is 1. The molecule has 8 nitrogen and oxygen atoms in total. The van der Waals surface area contributed by atoms with E-state index >= 15 is 0 Å². The van der Waals surface area contributed by atoms with E-state index in [0.717, 1.165) is 47.0 Å². The fourth-order valence-electron chi connectivity index (χ4n) is 4.71. The average Bonchev–Trinajstić information content (AvgIpc) is 3.50. The number of rotatable bonds is 10. The van der Waals surface area contributed by atoms with Gasteiger partial charge < -0.3 is 21.1 Å². The number of aliphatic hydroxyl groups is 1. The first kappa shape index (κ1) is 25.8. The van der Waals surface area contributed by atoms with Crippen LogP contribution in [-0.2, 0) is 16.6 Å². The number of nitrogens with two attached hydrogens (primary N) is 1. The Kier molecular flexibility index (Phi) is 7.97. The molecular formula is C25H34N4O4S2. The van der Waals surface area contributed by atoms with E-state index in [1.54, 1.807) is 22.6 Å². The minimum atomic E-state index is -3.18. The summed E-state index contributed by atoms with van der Waals surface area (Å²) in [5.74, 6) is 0.0493. The summed E-state index contributed by atoms with van der Waals surface area (Å²) in [5, 5.41) is 15.6. The van der Waals surface area contributed by atoms with Gasteiger partial charge in [-0.25, -0.2) is 12.7 Å². The van der Waals surface area contributed by atoms with Gasteiger partial charge in [-0.3, -0.25) is 4.79 Å². The first-order chi connectivity index (χ1) is 16.7. The zero-order valence-corrected chi connectivity index (χ0v) is 21.8. The van der Waals surface area contributed by atoms with Crippen molar-refractivity contribution in [2.75, 3.05) is 32.0 Å². The molecule has 0 bridgehead atoms. The summed E-state index contributed by atoms with van der Waals surface area (Å²) < 4.78 is 26.1. The molecule has 5 N–H and O–H groups in total. The molecule has 1 fully saturated rings. The Labute approximate surface area is 210 Å². The van der Waals surface area contributed by atoms with Gasteiger partial charge >= 0.3 is 0 Å². The van der Waals surface area contributed by atoms with Crippen LogP contribution < -0.4 is 11.1 Å². The van der Waals surface area contributed by atoms with Crippen molar-refractivity contribution >= 4 is 38.2 Å². The monoisotopic (exact) mass is 518 g/mol.